The summed E-state index contributed by atoms with van der Waals surface area (Å²) in [6, 6.07) is 8.92. The largest absolute Gasteiger partial charge is 0.459 e. The van der Waals surface area contributed by atoms with Crippen LogP contribution in [0, 0.1) is 16.7 Å². The van der Waals surface area contributed by atoms with Crippen molar-refractivity contribution in [3.8, 4) is 5.75 Å². The van der Waals surface area contributed by atoms with Gasteiger partial charge >= 0.3 is 11.9 Å². The molecule has 4 nitrogen and oxygen atoms in total. The van der Waals surface area contributed by atoms with E-state index in [1.165, 1.54) is 18.9 Å². The van der Waals surface area contributed by atoms with E-state index < -0.39 is 0 Å². The first-order chi connectivity index (χ1) is 12.6. The maximum atomic E-state index is 11.3. The molecule has 3 rings (SSSR count). The molecule has 0 saturated heterocycles. The second kappa shape index (κ2) is 8.12. The number of ether oxygens (including phenoxy) is 2. The van der Waals surface area contributed by atoms with Gasteiger partial charge in [-0.15, -0.1) is 0 Å². The average Bonchev–Trinajstić information content (AvgIpc) is 2.96. The molecule has 3 atom stereocenters. The molecule has 2 fully saturated rings. The molecule has 2 aliphatic rings. The van der Waals surface area contributed by atoms with Crippen molar-refractivity contribution in [2.75, 3.05) is 0 Å². The van der Waals surface area contributed by atoms with E-state index in [0.29, 0.717) is 22.7 Å². The zero-order valence-corrected chi connectivity index (χ0v) is 16.8. The van der Waals surface area contributed by atoms with Crippen LogP contribution in [-0.4, -0.2) is 18.0 Å². The normalized spacial score (nSPS) is 27.1. The molecule has 0 aromatic heterocycles. The summed E-state index contributed by atoms with van der Waals surface area (Å²) < 4.78 is 10.4. The third kappa shape index (κ3) is 4.32. The lowest BCUT2D eigenvalue weighted by Crippen LogP contribution is -2.38. The molecule has 146 valence electrons. The predicted molar refractivity (Wildman–Crippen MR) is 106 cm³/mol. The van der Waals surface area contributed by atoms with Gasteiger partial charge in [0.1, 0.15) is 11.9 Å². The van der Waals surface area contributed by atoms with Crippen LogP contribution in [0.1, 0.15) is 47.0 Å². The first-order valence-electron chi connectivity index (χ1n) is 9.37. The molecular formula is C23H30O4. The van der Waals surface area contributed by atoms with Gasteiger partial charge in [-0.25, -0.2) is 9.59 Å². The lowest BCUT2D eigenvalue weighted by molar-refractivity contribution is -0.150. The second-order valence-electron chi connectivity index (χ2n) is 8.22. The number of rotatable bonds is 4. The summed E-state index contributed by atoms with van der Waals surface area (Å²) in [6.45, 7) is 15.4. The van der Waals surface area contributed by atoms with Gasteiger partial charge in [0.05, 0.1) is 0 Å². The summed E-state index contributed by atoms with van der Waals surface area (Å²) >= 11 is 0. The van der Waals surface area contributed by atoms with Crippen molar-refractivity contribution in [3.63, 3.8) is 0 Å². The van der Waals surface area contributed by atoms with Crippen molar-refractivity contribution in [1.29, 1.82) is 0 Å². The molecule has 1 aromatic carbocycles. The summed E-state index contributed by atoms with van der Waals surface area (Å²) in [5.41, 5.74) is 0.869. The number of hydrogen-bond acceptors (Lipinski definition) is 4. The number of hydrogen-bond donors (Lipinski definition) is 0. The van der Waals surface area contributed by atoms with E-state index in [-0.39, 0.29) is 23.5 Å². The maximum absolute atomic E-state index is 11.3. The molecule has 4 heteroatoms. The molecule has 2 saturated carbocycles. The van der Waals surface area contributed by atoms with Gasteiger partial charge in [0.25, 0.3) is 0 Å². The Morgan fingerprint density at radius 3 is 2.26 bits per heavy atom. The van der Waals surface area contributed by atoms with Crippen LogP contribution in [0.5, 0.6) is 5.75 Å². The molecule has 0 N–H and O–H groups in total. The van der Waals surface area contributed by atoms with Crippen LogP contribution in [0.15, 0.2) is 55.1 Å². The van der Waals surface area contributed by atoms with E-state index in [9.17, 15) is 9.59 Å². The lowest BCUT2D eigenvalue weighted by atomic mass is 9.70. The Hall–Kier alpha value is -2.36. The highest BCUT2D eigenvalue weighted by atomic mass is 16.5. The third-order valence-corrected chi connectivity index (χ3v) is 6.44. The molecule has 0 spiro atoms. The van der Waals surface area contributed by atoms with Crippen molar-refractivity contribution >= 4 is 11.9 Å². The quantitative estimate of drug-likeness (QED) is 0.420. The van der Waals surface area contributed by atoms with Crippen molar-refractivity contribution in [2.24, 2.45) is 16.7 Å². The lowest BCUT2D eigenvalue weighted by Gasteiger charge is -2.38. The van der Waals surface area contributed by atoms with E-state index >= 15 is 0 Å². The molecule has 2 aliphatic carbocycles. The van der Waals surface area contributed by atoms with Crippen LogP contribution in [-0.2, 0) is 14.3 Å². The Labute approximate surface area is 162 Å². The third-order valence-electron chi connectivity index (χ3n) is 6.44. The van der Waals surface area contributed by atoms with Crippen molar-refractivity contribution < 1.29 is 19.1 Å². The minimum absolute atomic E-state index is 0.0942. The Morgan fingerprint density at radius 1 is 1.19 bits per heavy atom. The molecule has 0 aliphatic heterocycles. The number of para-hydroxylation sites is 1. The zero-order chi connectivity index (χ0) is 20.2. The topological polar surface area (TPSA) is 52.6 Å². The van der Waals surface area contributed by atoms with E-state index in [2.05, 4.69) is 33.9 Å². The Morgan fingerprint density at radius 2 is 1.81 bits per heavy atom. The molecule has 0 radical (unpaired) electrons. The average molecular weight is 370 g/mol. The molecule has 2 bridgehead atoms. The van der Waals surface area contributed by atoms with Gasteiger partial charge in [-0.3, -0.25) is 0 Å². The summed E-state index contributed by atoms with van der Waals surface area (Å²) in [4.78, 5) is 22.2. The number of carbonyl (C=O) groups excluding carboxylic acids is 2. The Bertz CT molecular complexity index is 719. The van der Waals surface area contributed by atoms with Gasteiger partial charge in [0.15, 0.2) is 0 Å². The van der Waals surface area contributed by atoms with E-state index in [1.54, 1.807) is 31.2 Å². The fourth-order valence-corrected chi connectivity index (χ4v) is 4.18. The van der Waals surface area contributed by atoms with Crippen LogP contribution < -0.4 is 4.74 Å². The SMILES string of the molecule is C=C(C)C(=O)Oc1ccccc1.C=CC(=O)OC1C[C@H]2CC[C@@]1(C)C2(C)C. The Balaban J connectivity index is 0.000000199. The highest BCUT2D eigenvalue weighted by molar-refractivity contribution is 5.88. The van der Waals surface area contributed by atoms with Gasteiger partial charge in [-0.05, 0) is 49.7 Å². The summed E-state index contributed by atoms with van der Waals surface area (Å²) in [5, 5.41) is 0. The van der Waals surface area contributed by atoms with Gasteiger partial charge in [-0.1, -0.05) is 52.1 Å². The van der Waals surface area contributed by atoms with Gasteiger partial charge in [0, 0.05) is 17.1 Å². The number of carbonyl (C=O) groups is 2. The number of benzene rings is 1. The van der Waals surface area contributed by atoms with Crippen molar-refractivity contribution in [3.05, 3.63) is 55.1 Å². The Kier molecular flexibility index (Phi) is 6.30. The van der Waals surface area contributed by atoms with E-state index in [4.69, 9.17) is 9.47 Å². The van der Waals surface area contributed by atoms with E-state index in [1.807, 2.05) is 6.07 Å². The molecule has 27 heavy (non-hydrogen) atoms. The highest BCUT2D eigenvalue weighted by Gasteiger charge is 2.62. The van der Waals surface area contributed by atoms with Crippen LogP contribution >= 0.6 is 0 Å². The number of fused-ring (bicyclic) bond motifs is 2. The molecule has 1 unspecified atom stereocenters. The first kappa shape index (κ1) is 20.9. The second-order valence-corrected chi connectivity index (χ2v) is 8.22. The fourth-order valence-electron chi connectivity index (χ4n) is 4.18. The van der Waals surface area contributed by atoms with Crippen LogP contribution in [0.25, 0.3) is 0 Å². The van der Waals surface area contributed by atoms with Gasteiger partial charge in [-0.2, -0.15) is 0 Å². The zero-order valence-electron chi connectivity index (χ0n) is 16.8. The van der Waals surface area contributed by atoms with Crippen molar-refractivity contribution in [1.82, 2.24) is 0 Å². The summed E-state index contributed by atoms with van der Waals surface area (Å²) in [6.07, 6.45) is 4.85. The standard InChI is InChI=1S/C13H20O2.C10H10O2/c1-5-11(14)15-10-8-9-6-7-13(10,4)12(9,2)3;1-8(2)10(11)12-9-6-4-3-5-7-9/h5,9-10H,1,6-8H2,2-4H3;3-7H,1H2,2H3/t9-,10?,13-;/m1./s1. The first-order valence-corrected chi connectivity index (χ1v) is 9.37. The van der Waals surface area contributed by atoms with Gasteiger partial charge in [0.2, 0.25) is 0 Å². The molecule has 0 amide bonds. The predicted octanol–water partition coefficient (Wildman–Crippen LogP) is 5.10. The van der Waals surface area contributed by atoms with Crippen LogP contribution in [0.2, 0.25) is 0 Å². The van der Waals surface area contributed by atoms with Crippen molar-refractivity contribution in [2.45, 2.75) is 53.1 Å². The minimum atomic E-state index is -0.388. The van der Waals surface area contributed by atoms with Gasteiger partial charge < -0.3 is 9.47 Å². The monoisotopic (exact) mass is 370 g/mol. The number of esters is 2. The van der Waals surface area contributed by atoms with E-state index in [0.717, 1.165) is 6.42 Å². The summed E-state index contributed by atoms with van der Waals surface area (Å²) in [5.74, 6) is 0.599. The smallest absolute Gasteiger partial charge is 0.338 e. The molecule has 1 aromatic rings. The molecule has 0 heterocycles. The fraction of sp³-hybridized carbons (Fsp3) is 0.478. The summed E-state index contributed by atoms with van der Waals surface area (Å²) in [7, 11) is 0. The maximum Gasteiger partial charge on any atom is 0.338 e. The highest BCUT2D eigenvalue weighted by Crippen LogP contribution is 2.66. The molecular weight excluding hydrogens is 340 g/mol. The van der Waals surface area contributed by atoms with Crippen LogP contribution in [0.4, 0.5) is 0 Å². The minimum Gasteiger partial charge on any atom is -0.459 e. The van der Waals surface area contributed by atoms with Crippen LogP contribution in [0.3, 0.4) is 0 Å².